The van der Waals surface area contributed by atoms with Gasteiger partial charge in [-0.3, -0.25) is 25.0 Å². The highest BCUT2D eigenvalue weighted by atomic mass is 35.5. The van der Waals surface area contributed by atoms with Gasteiger partial charge in [-0.1, -0.05) is 0 Å². The number of hydrogen-bond acceptors (Lipinski definition) is 10. The lowest BCUT2D eigenvalue weighted by Gasteiger charge is -2.24. The van der Waals surface area contributed by atoms with Gasteiger partial charge in [-0.05, 0) is 44.5 Å². The molecular formula is C20H22ClN7O6. The number of hydrogen-bond donors (Lipinski definition) is 3. The summed E-state index contributed by atoms with van der Waals surface area (Å²) in [6.07, 6.45) is -0.0472. The third-order valence-electron chi connectivity index (χ3n) is 5.35. The molecule has 2 fully saturated rings. The third-order valence-corrected chi connectivity index (χ3v) is 5.52. The van der Waals surface area contributed by atoms with Crippen LogP contribution in [0.2, 0.25) is 5.28 Å². The molecule has 5 rings (SSSR count). The molecule has 0 aromatic carbocycles. The van der Waals surface area contributed by atoms with Crippen molar-refractivity contribution in [2.24, 2.45) is 0 Å². The minimum absolute atomic E-state index is 0.0947. The van der Waals surface area contributed by atoms with E-state index in [0.717, 1.165) is 0 Å². The average molecular weight is 492 g/mol. The second-order valence-corrected chi connectivity index (χ2v) is 8.47. The first kappa shape index (κ1) is 22.5. The first-order chi connectivity index (χ1) is 16.3. The number of imidazole rings is 1. The van der Waals surface area contributed by atoms with Crippen molar-refractivity contribution in [1.29, 1.82) is 0 Å². The van der Waals surface area contributed by atoms with Gasteiger partial charge in [0.15, 0.2) is 40.9 Å². The fraction of sp³-hybridized carbons (Fsp3) is 0.450. The number of amides is 2. The van der Waals surface area contributed by atoms with Gasteiger partial charge in [0.1, 0.15) is 12.2 Å². The van der Waals surface area contributed by atoms with Gasteiger partial charge in [-0.15, -0.1) is 0 Å². The van der Waals surface area contributed by atoms with Crippen molar-refractivity contribution in [3.63, 3.8) is 0 Å². The van der Waals surface area contributed by atoms with Crippen LogP contribution in [-0.4, -0.2) is 62.0 Å². The number of nitrogens with zero attached hydrogens (tertiary/aromatic N) is 4. The van der Waals surface area contributed by atoms with Crippen LogP contribution < -0.4 is 16.2 Å². The molecule has 0 saturated carbocycles. The van der Waals surface area contributed by atoms with Crippen LogP contribution in [0.3, 0.4) is 0 Å². The number of fused-ring (bicyclic) bond motifs is 2. The summed E-state index contributed by atoms with van der Waals surface area (Å²) < 4.78 is 24.8. The molecule has 5 heterocycles. The summed E-state index contributed by atoms with van der Waals surface area (Å²) in [6.45, 7) is 5.80. The van der Waals surface area contributed by atoms with Gasteiger partial charge >= 0.3 is 5.91 Å². The van der Waals surface area contributed by atoms with Crippen LogP contribution >= 0.6 is 11.6 Å². The summed E-state index contributed by atoms with van der Waals surface area (Å²) >= 11 is 6.16. The molecule has 0 radical (unpaired) electrons. The lowest BCUT2D eigenvalue weighted by Crippen LogP contribution is -2.42. The Hall–Kier alpha value is -3.26. The number of ether oxygens (including phenoxy) is 3. The molecule has 34 heavy (non-hydrogen) atoms. The van der Waals surface area contributed by atoms with Crippen molar-refractivity contribution in [1.82, 2.24) is 30.3 Å². The lowest BCUT2D eigenvalue weighted by molar-refractivity contribution is -0.197. The number of rotatable bonds is 6. The van der Waals surface area contributed by atoms with Crippen LogP contribution in [0.1, 0.15) is 37.6 Å². The predicted molar refractivity (Wildman–Crippen MR) is 117 cm³/mol. The van der Waals surface area contributed by atoms with E-state index in [9.17, 15) is 9.59 Å². The van der Waals surface area contributed by atoms with Crippen molar-refractivity contribution in [2.45, 2.75) is 51.1 Å². The van der Waals surface area contributed by atoms with E-state index in [1.165, 1.54) is 18.7 Å². The maximum absolute atomic E-state index is 12.6. The second-order valence-electron chi connectivity index (χ2n) is 8.13. The fourth-order valence-corrected chi connectivity index (χ4v) is 4.20. The number of aromatic nitrogens is 4. The van der Waals surface area contributed by atoms with Crippen LogP contribution in [0.25, 0.3) is 11.2 Å². The van der Waals surface area contributed by atoms with E-state index in [-0.39, 0.29) is 22.8 Å². The highest BCUT2D eigenvalue weighted by Gasteiger charge is 2.58. The molecule has 2 saturated heterocycles. The zero-order chi connectivity index (χ0) is 24.0. The predicted octanol–water partition coefficient (Wildman–Crippen LogP) is 1.38. The van der Waals surface area contributed by atoms with Crippen LogP contribution in [0, 0.1) is 0 Å². The van der Waals surface area contributed by atoms with Crippen molar-refractivity contribution in [2.75, 3.05) is 12.0 Å². The molecule has 4 atom stereocenters. The number of furan rings is 1. The molecule has 3 aromatic heterocycles. The van der Waals surface area contributed by atoms with Gasteiger partial charge < -0.3 is 23.9 Å². The number of likely N-dealkylation sites (N-methyl/N-ethyl adjacent to an activating group) is 1. The number of hydrazine groups is 1. The molecule has 180 valence electrons. The van der Waals surface area contributed by atoms with E-state index in [1.54, 1.807) is 24.5 Å². The summed E-state index contributed by atoms with van der Waals surface area (Å²) in [5.41, 5.74) is 5.78. The fourth-order valence-electron chi connectivity index (χ4n) is 4.04. The van der Waals surface area contributed by atoms with Crippen molar-refractivity contribution < 1.29 is 28.2 Å². The number of carbonyl (C=O) groups excluding carboxylic acids is 2. The minimum atomic E-state index is -0.909. The molecule has 0 aliphatic carbocycles. The summed E-state index contributed by atoms with van der Waals surface area (Å²) in [5, 5.41) is 2.66. The van der Waals surface area contributed by atoms with Crippen LogP contribution in [0.15, 0.2) is 29.1 Å². The molecule has 2 aliphatic rings. The Morgan fingerprint density at radius 3 is 2.76 bits per heavy atom. The zero-order valence-corrected chi connectivity index (χ0v) is 19.2. The van der Waals surface area contributed by atoms with E-state index in [2.05, 4.69) is 31.1 Å². The minimum Gasteiger partial charge on any atom is -0.459 e. The number of carbonyl (C=O) groups is 2. The monoisotopic (exact) mass is 491 g/mol. The highest BCUT2D eigenvalue weighted by Crippen LogP contribution is 2.44. The van der Waals surface area contributed by atoms with E-state index < -0.39 is 36.2 Å². The number of anilines is 1. The first-order valence-corrected chi connectivity index (χ1v) is 10.9. The average Bonchev–Trinajstić information content (AvgIpc) is 3.55. The zero-order valence-electron chi connectivity index (χ0n) is 18.4. The SMILES string of the molecule is CCNC(=O)C1OC(n2cnc3c(NNC(=O)c4ccco4)nc(Cl)nc32)C2OC(C)(C)OC12. The van der Waals surface area contributed by atoms with E-state index in [0.29, 0.717) is 17.7 Å². The molecule has 3 aromatic rings. The van der Waals surface area contributed by atoms with Crippen molar-refractivity contribution >= 4 is 40.4 Å². The molecule has 13 nitrogen and oxygen atoms in total. The molecule has 0 bridgehead atoms. The Labute approximate surface area is 198 Å². The molecule has 4 unspecified atom stereocenters. The normalized spacial score (nSPS) is 25.3. The van der Waals surface area contributed by atoms with Gasteiger partial charge in [0, 0.05) is 6.54 Å². The Morgan fingerprint density at radius 1 is 1.24 bits per heavy atom. The van der Waals surface area contributed by atoms with E-state index >= 15 is 0 Å². The van der Waals surface area contributed by atoms with Crippen LogP contribution in [-0.2, 0) is 19.0 Å². The maximum atomic E-state index is 12.6. The van der Waals surface area contributed by atoms with Crippen LogP contribution in [0.4, 0.5) is 5.82 Å². The maximum Gasteiger partial charge on any atom is 0.305 e. The standard InChI is InChI=1S/C20H22ClN7O6/c1-4-22-17(30)12-11-13(34-20(2,3)33-11)18(32-12)28-8-23-10-14(24-19(21)25-15(10)28)26-27-16(29)9-6-5-7-31-9/h5-8,11-13,18H,4H2,1-3H3,(H,22,30)(H,27,29)(H,24,25,26). The first-order valence-electron chi connectivity index (χ1n) is 10.6. The van der Waals surface area contributed by atoms with Crippen molar-refractivity contribution in [3.8, 4) is 0 Å². The molecule has 0 spiro atoms. The van der Waals surface area contributed by atoms with Gasteiger partial charge in [-0.2, -0.15) is 9.97 Å². The number of halogens is 1. The molecular weight excluding hydrogens is 470 g/mol. The molecule has 2 amide bonds. The quantitative estimate of drug-likeness (QED) is 0.340. The Morgan fingerprint density at radius 2 is 2.03 bits per heavy atom. The summed E-state index contributed by atoms with van der Waals surface area (Å²) in [7, 11) is 0. The Bertz CT molecular complexity index is 1230. The van der Waals surface area contributed by atoms with Crippen LogP contribution in [0.5, 0.6) is 0 Å². The number of nitrogens with one attached hydrogen (secondary N) is 3. The molecule has 14 heteroatoms. The highest BCUT2D eigenvalue weighted by molar-refractivity contribution is 6.28. The smallest absolute Gasteiger partial charge is 0.305 e. The lowest BCUT2D eigenvalue weighted by atomic mass is 10.1. The second kappa shape index (κ2) is 8.51. The largest absolute Gasteiger partial charge is 0.459 e. The van der Waals surface area contributed by atoms with E-state index in [1.807, 2.05) is 6.92 Å². The summed E-state index contributed by atoms with van der Waals surface area (Å²) in [4.78, 5) is 37.6. The van der Waals surface area contributed by atoms with Crippen molar-refractivity contribution in [3.05, 3.63) is 35.8 Å². The topological polar surface area (TPSA) is 155 Å². The summed E-state index contributed by atoms with van der Waals surface area (Å²) in [6, 6.07) is 3.10. The van der Waals surface area contributed by atoms with Gasteiger partial charge in [0.25, 0.3) is 5.91 Å². The summed E-state index contributed by atoms with van der Waals surface area (Å²) in [5.74, 6) is -1.46. The van der Waals surface area contributed by atoms with Gasteiger partial charge in [-0.25, -0.2) is 4.98 Å². The Balaban J connectivity index is 1.46. The van der Waals surface area contributed by atoms with Gasteiger partial charge in [0.2, 0.25) is 5.28 Å². The molecule has 2 aliphatic heterocycles. The Kier molecular flexibility index (Phi) is 5.64. The van der Waals surface area contributed by atoms with E-state index in [4.69, 9.17) is 30.2 Å². The molecule has 3 N–H and O–H groups in total. The van der Waals surface area contributed by atoms with Gasteiger partial charge in [0.05, 0.1) is 12.6 Å². The third kappa shape index (κ3) is 3.96.